The highest BCUT2D eigenvalue weighted by atomic mass is 35.5. The van der Waals surface area contributed by atoms with E-state index in [9.17, 15) is 14.4 Å². The van der Waals surface area contributed by atoms with Gasteiger partial charge in [-0.3, -0.25) is 0 Å². The van der Waals surface area contributed by atoms with Gasteiger partial charge in [0, 0.05) is 0 Å². The van der Waals surface area contributed by atoms with Crippen molar-refractivity contribution >= 4 is 41.1 Å². The highest BCUT2D eigenvalue weighted by Gasteiger charge is 2.30. The maximum absolute atomic E-state index is 12.1. The van der Waals surface area contributed by atoms with Crippen LogP contribution in [0.2, 0.25) is 10.0 Å². The number of fused-ring (bicyclic) bond motifs is 1. The minimum atomic E-state index is -0.784. The first-order valence-corrected chi connectivity index (χ1v) is 6.79. The van der Waals surface area contributed by atoms with Crippen molar-refractivity contribution < 1.29 is 23.9 Å². The van der Waals surface area contributed by atoms with E-state index in [0.717, 1.165) is 0 Å². The molecule has 1 aliphatic heterocycles. The highest BCUT2D eigenvalue weighted by molar-refractivity contribution is 6.39. The predicted octanol–water partition coefficient (Wildman–Crippen LogP) is 3.52. The van der Waals surface area contributed by atoms with Crippen LogP contribution >= 0.6 is 23.2 Å². The molecule has 0 saturated heterocycles. The van der Waals surface area contributed by atoms with Crippen LogP contribution in [0.4, 0.5) is 0 Å². The van der Waals surface area contributed by atoms with Gasteiger partial charge in [-0.05, 0) is 30.3 Å². The third-order valence-electron chi connectivity index (χ3n) is 2.99. The van der Waals surface area contributed by atoms with E-state index in [-0.39, 0.29) is 32.5 Å². The fourth-order valence-corrected chi connectivity index (χ4v) is 2.53. The quantitative estimate of drug-likeness (QED) is 0.476. The molecule has 0 bridgehead atoms. The van der Waals surface area contributed by atoms with Crippen molar-refractivity contribution in [1.82, 2.24) is 0 Å². The number of carbonyl (C=O) groups excluding carboxylic acids is 3. The SMILES string of the molecule is O=C1OC(=O)c2cc(OC(=O)c3c(Cl)cccc3Cl)ccc21. The number of carbonyl (C=O) groups is 3. The van der Waals surface area contributed by atoms with E-state index in [1.165, 1.54) is 30.3 Å². The van der Waals surface area contributed by atoms with Crippen LogP contribution in [0.15, 0.2) is 36.4 Å². The Morgan fingerprint density at radius 1 is 0.955 bits per heavy atom. The molecule has 0 saturated carbocycles. The lowest BCUT2D eigenvalue weighted by Gasteiger charge is -2.07. The van der Waals surface area contributed by atoms with Gasteiger partial charge in [0.25, 0.3) is 0 Å². The Balaban J connectivity index is 1.91. The van der Waals surface area contributed by atoms with Gasteiger partial charge in [0.2, 0.25) is 0 Å². The molecule has 3 rings (SSSR count). The molecular formula is C15H6Cl2O5. The third-order valence-corrected chi connectivity index (χ3v) is 3.62. The summed E-state index contributed by atoms with van der Waals surface area (Å²) in [6.45, 7) is 0. The standard InChI is InChI=1S/C15H6Cl2O5/c16-10-2-1-3-11(17)12(10)15(20)21-7-4-5-8-9(6-7)14(19)22-13(8)18/h1-6H. The molecule has 7 heteroatoms. The molecular weight excluding hydrogens is 331 g/mol. The van der Waals surface area contributed by atoms with Gasteiger partial charge in [-0.2, -0.15) is 0 Å². The van der Waals surface area contributed by atoms with Gasteiger partial charge >= 0.3 is 17.9 Å². The lowest BCUT2D eigenvalue weighted by atomic mass is 10.1. The molecule has 0 atom stereocenters. The highest BCUT2D eigenvalue weighted by Crippen LogP contribution is 2.28. The first-order chi connectivity index (χ1) is 10.5. The summed E-state index contributed by atoms with van der Waals surface area (Å²) in [6.07, 6.45) is 0. The molecule has 22 heavy (non-hydrogen) atoms. The fourth-order valence-electron chi connectivity index (χ4n) is 1.98. The minimum Gasteiger partial charge on any atom is -0.423 e. The van der Waals surface area contributed by atoms with Crippen molar-refractivity contribution in [2.24, 2.45) is 0 Å². The summed E-state index contributed by atoms with van der Waals surface area (Å²) >= 11 is 11.8. The molecule has 2 aromatic rings. The molecule has 0 spiro atoms. The lowest BCUT2D eigenvalue weighted by Crippen LogP contribution is -2.10. The van der Waals surface area contributed by atoms with E-state index in [2.05, 4.69) is 4.74 Å². The summed E-state index contributed by atoms with van der Waals surface area (Å²) in [4.78, 5) is 34.9. The van der Waals surface area contributed by atoms with Crippen molar-refractivity contribution in [3.8, 4) is 5.75 Å². The number of esters is 3. The van der Waals surface area contributed by atoms with Crippen molar-refractivity contribution in [3.63, 3.8) is 0 Å². The van der Waals surface area contributed by atoms with E-state index in [1.807, 2.05) is 0 Å². The van der Waals surface area contributed by atoms with Gasteiger partial charge in [-0.25, -0.2) is 14.4 Å². The summed E-state index contributed by atoms with van der Waals surface area (Å²) in [6, 6.07) is 8.58. The Kier molecular flexibility index (Phi) is 3.60. The molecule has 0 unspecified atom stereocenters. The summed E-state index contributed by atoms with van der Waals surface area (Å²) in [7, 11) is 0. The van der Waals surface area contributed by atoms with E-state index in [1.54, 1.807) is 6.07 Å². The molecule has 1 heterocycles. The maximum atomic E-state index is 12.1. The summed E-state index contributed by atoms with van der Waals surface area (Å²) in [5, 5.41) is 0.293. The zero-order valence-electron chi connectivity index (χ0n) is 10.8. The van der Waals surface area contributed by atoms with Gasteiger partial charge in [0.1, 0.15) is 5.75 Å². The van der Waals surface area contributed by atoms with E-state index < -0.39 is 17.9 Å². The van der Waals surface area contributed by atoms with Gasteiger partial charge in [-0.15, -0.1) is 0 Å². The van der Waals surface area contributed by atoms with Crippen LogP contribution in [0.5, 0.6) is 5.75 Å². The number of benzene rings is 2. The molecule has 0 aromatic heterocycles. The van der Waals surface area contributed by atoms with Gasteiger partial charge in [-0.1, -0.05) is 29.3 Å². The van der Waals surface area contributed by atoms with Crippen LogP contribution in [-0.4, -0.2) is 17.9 Å². The van der Waals surface area contributed by atoms with Crippen molar-refractivity contribution in [1.29, 1.82) is 0 Å². The topological polar surface area (TPSA) is 69.7 Å². The van der Waals surface area contributed by atoms with Gasteiger partial charge in [0.05, 0.1) is 26.7 Å². The Labute approximate surface area is 134 Å². The molecule has 5 nitrogen and oxygen atoms in total. The maximum Gasteiger partial charge on any atom is 0.347 e. The number of cyclic esters (lactones) is 2. The monoisotopic (exact) mass is 336 g/mol. The van der Waals surface area contributed by atoms with Crippen LogP contribution in [0.25, 0.3) is 0 Å². The van der Waals surface area contributed by atoms with Crippen LogP contribution in [0.1, 0.15) is 31.1 Å². The number of hydrogen-bond donors (Lipinski definition) is 0. The van der Waals surface area contributed by atoms with Crippen LogP contribution < -0.4 is 4.74 Å². The van der Waals surface area contributed by atoms with E-state index >= 15 is 0 Å². The second-order valence-corrected chi connectivity index (χ2v) is 5.18. The fraction of sp³-hybridized carbons (Fsp3) is 0. The van der Waals surface area contributed by atoms with Crippen LogP contribution in [0.3, 0.4) is 0 Å². The van der Waals surface area contributed by atoms with Crippen LogP contribution in [0, 0.1) is 0 Å². The molecule has 2 aromatic carbocycles. The molecule has 0 aliphatic carbocycles. The van der Waals surface area contributed by atoms with Crippen molar-refractivity contribution in [2.75, 3.05) is 0 Å². The molecule has 0 radical (unpaired) electrons. The van der Waals surface area contributed by atoms with Crippen LogP contribution in [-0.2, 0) is 4.74 Å². The lowest BCUT2D eigenvalue weighted by molar-refractivity contribution is 0.0442. The van der Waals surface area contributed by atoms with Crippen molar-refractivity contribution in [3.05, 3.63) is 63.1 Å². The number of ether oxygens (including phenoxy) is 2. The largest absolute Gasteiger partial charge is 0.423 e. The molecule has 0 fully saturated rings. The zero-order valence-corrected chi connectivity index (χ0v) is 12.3. The molecule has 0 N–H and O–H groups in total. The minimum absolute atomic E-state index is 0.0185. The number of hydrogen-bond acceptors (Lipinski definition) is 5. The smallest absolute Gasteiger partial charge is 0.347 e. The normalized spacial score (nSPS) is 12.8. The summed E-state index contributed by atoms with van der Waals surface area (Å²) in [5.41, 5.74) is 0.186. The predicted molar refractivity (Wildman–Crippen MR) is 77.6 cm³/mol. The number of halogens is 2. The van der Waals surface area contributed by atoms with Gasteiger partial charge in [0.15, 0.2) is 0 Å². The molecule has 110 valence electrons. The molecule has 1 aliphatic rings. The molecule has 0 amide bonds. The third kappa shape index (κ3) is 2.45. The summed E-state index contributed by atoms with van der Waals surface area (Å²) < 4.78 is 9.60. The van der Waals surface area contributed by atoms with Crippen molar-refractivity contribution in [2.45, 2.75) is 0 Å². The van der Waals surface area contributed by atoms with E-state index in [4.69, 9.17) is 27.9 Å². The Hall–Kier alpha value is -2.37. The first kappa shape index (κ1) is 14.6. The Morgan fingerprint density at radius 2 is 1.59 bits per heavy atom. The number of rotatable bonds is 2. The Morgan fingerprint density at radius 3 is 2.27 bits per heavy atom. The average Bonchev–Trinajstić information content (AvgIpc) is 2.73. The second kappa shape index (κ2) is 5.44. The van der Waals surface area contributed by atoms with E-state index in [0.29, 0.717) is 0 Å². The Bertz CT molecular complexity index is 808. The second-order valence-electron chi connectivity index (χ2n) is 4.37. The first-order valence-electron chi connectivity index (χ1n) is 6.04. The average molecular weight is 337 g/mol. The van der Waals surface area contributed by atoms with Gasteiger partial charge < -0.3 is 9.47 Å². The zero-order chi connectivity index (χ0) is 15.9. The summed E-state index contributed by atoms with van der Waals surface area (Å²) in [5.74, 6) is -2.21.